The second-order valence-electron chi connectivity index (χ2n) is 6.53. The van der Waals surface area contributed by atoms with Gasteiger partial charge in [0.05, 0.1) is 22.7 Å². The van der Waals surface area contributed by atoms with Gasteiger partial charge in [-0.2, -0.15) is 5.26 Å². The third kappa shape index (κ3) is 2.65. The first kappa shape index (κ1) is 15.4. The molecule has 0 saturated carbocycles. The molecular weight excluding hydrogens is 330 g/mol. The van der Waals surface area contributed by atoms with Crippen molar-refractivity contribution in [1.82, 2.24) is 9.97 Å². The van der Waals surface area contributed by atoms with Gasteiger partial charge in [-0.05, 0) is 52.2 Å². The number of hydrogen-bond acceptors (Lipinski definition) is 2. The summed E-state index contributed by atoms with van der Waals surface area (Å²) in [5, 5.41) is 11.3. The smallest absolute Gasteiger partial charge is 0.139 e. The largest absolute Gasteiger partial charge is 0.338 e. The van der Waals surface area contributed by atoms with E-state index in [0.29, 0.717) is 5.56 Å². The van der Waals surface area contributed by atoms with Crippen LogP contribution in [0.1, 0.15) is 5.56 Å². The van der Waals surface area contributed by atoms with Crippen LogP contribution in [-0.4, -0.2) is 9.97 Å². The Bertz CT molecular complexity index is 1290. The van der Waals surface area contributed by atoms with Crippen molar-refractivity contribution in [2.45, 2.75) is 0 Å². The van der Waals surface area contributed by atoms with Crippen LogP contribution in [0.4, 0.5) is 0 Å². The second kappa shape index (κ2) is 6.12. The van der Waals surface area contributed by atoms with Gasteiger partial charge in [-0.15, -0.1) is 0 Å². The van der Waals surface area contributed by atoms with Crippen molar-refractivity contribution in [2.24, 2.45) is 0 Å². The van der Waals surface area contributed by atoms with Crippen molar-refractivity contribution in [3.63, 3.8) is 0 Å². The Morgan fingerprint density at radius 2 is 1.59 bits per heavy atom. The van der Waals surface area contributed by atoms with Gasteiger partial charge in [-0.3, -0.25) is 0 Å². The maximum absolute atomic E-state index is 8.97. The number of aromatic amines is 1. The van der Waals surface area contributed by atoms with Gasteiger partial charge in [0.1, 0.15) is 5.82 Å². The van der Waals surface area contributed by atoms with Gasteiger partial charge in [-0.1, -0.05) is 54.6 Å². The molecule has 1 heterocycles. The van der Waals surface area contributed by atoms with E-state index in [9.17, 15) is 0 Å². The molecule has 27 heavy (non-hydrogen) atoms. The summed E-state index contributed by atoms with van der Waals surface area (Å²) in [7, 11) is 0. The van der Waals surface area contributed by atoms with E-state index in [0.717, 1.165) is 44.3 Å². The Kier molecular flexibility index (Phi) is 3.48. The highest BCUT2D eigenvalue weighted by atomic mass is 14.9. The molecule has 0 fully saturated rings. The first-order valence-corrected chi connectivity index (χ1v) is 8.80. The van der Waals surface area contributed by atoms with E-state index in [1.54, 1.807) is 0 Å². The second-order valence-corrected chi connectivity index (χ2v) is 6.53. The molecule has 126 valence electrons. The molecule has 4 aromatic carbocycles. The van der Waals surface area contributed by atoms with E-state index in [4.69, 9.17) is 10.2 Å². The monoisotopic (exact) mass is 345 g/mol. The Balaban J connectivity index is 1.64. The molecule has 1 N–H and O–H groups in total. The number of nitrogens with one attached hydrogen (secondary N) is 1. The molecule has 0 aliphatic rings. The summed E-state index contributed by atoms with van der Waals surface area (Å²) in [4.78, 5) is 8.17. The van der Waals surface area contributed by atoms with Crippen LogP contribution >= 0.6 is 0 Å². The normalized spacial score (nSPS) is 10.9. The van der Waals surface area contributed by atoms with Gasteiger partial charge in [0.2, 0.25) is 0 Å². The van der Waals surface area contributed by atoms with E-state index < -0.39 is 0 Å². The van der Waals surface area contributed by atoms with Crippen molar-refractivity contribution in [3.05, 3.63) is 90.5 Å². The lowest BCUT2D eigenvalue weighted by Gasteiger charge is -2.07. The molecule has 0 bridgehead atoms. The SMILES string of the molecule is N#Cc1ccc(-c2ccc3c(-c4nc5ccccc5[nH]4)cccc3c2)cc1. The zero-order valence-electron chi connectivity index (χ0n) is 14.5. The van der Waals surface area contributed by atoms with Gasteiger partial charge < -0.3 is 4.98 Å². The number of para-hydroxylation sites is 2. The minimum atomic E-state index is 0.673. The number of nitriles is 1. The van der Waals surface area contributed by atoms with Gasteiger partial charge in [0.15, 0.2) is 0 Å². The minimum Gasteiger partial charge on any atom is -0.338 e. The summed E-state index contributed by atoms with van der Waals surface area (Å²) in [6, 6.07) is 30.6. The lowest BCUT2D eigenvalue weighted by molar-refractivity contribution is 1.35. The van der Waals surface area contributed by atoms with E-state index in [2.05, 4.69) is 47.5 Å². The summed E-state index contributed by atoms with van der Waals surface area (Å²) in [6.07, 6.45) is 0. The van der Waals surface area contributed by atoms with Crippen molar-refractivity contribution in [2.75, 3.05) is 0 Å². The van der Waals surface area contributed by atoms with Gasteiger partial charge >= 0.3 is 0 Å². The fraction of sp³-hybridized carbons (Fsp3) is 0. The maximum atomic E-state index is 8.97. The zero-order valence-corrected chi connectivity index (χ0v) is 14.5. The third-order valence-electron chi connectivity index (χ3n) is 4.87. The Morgan fingerprint density at radius 1 is 0.778 bits per heavy atom. The number of benzene rings is 4. The molecule has 0 radical (unpaired) electrons. The van der Waals surface area contributed by atoms with E-state index in [-0.39, 0.29) is 0 Å². The summed E-state index contributed by atoms with van der Waals surface area (Å²) < 4.78 is 0. The number of fused-ring (bicyclic) bond motifs is 2. The molecule has 3 nitrogen and oxygen atoms in total. The average Bonchev–Trinajstić information content (AvgIpc) is 3.17. The third-order valence-corrected chi connectivity index (χ3v) is 4.87. The number of rotatable bonds is 2. The number of nitrogens with zero attached hydrogens (tertiary/aromatic N) is 2. The molecule has 0 unspecified atom stereocenters. The van der Waals surface area contributed by atoms with Crippen LogP contribution < -0.4 is 0 Å². The summed E-state index contributed by atoms with van der Waals surface area (Å²) in [5.74, 6) is 0.882. The van der Waals surface area contributed by atoms with Crippen molar-refractivity contribution >= 4 is 21.8 Å². The molecule has 0 amide bonds. The fourth-order valence-corrected chi connectivity index (χ4v) is 3.49. The Labute approximate surface area is 156 Å². The molecule has 0 spiro atoms. The summed E-state index contributed by atoms with van der Waals surface area (Å²) in [5.41, 5.74) is 6.01. The Hall–Kier alpha value is -3.90. The predicted molar refractivity (Wildman–Crippen MR) is 109 cm³/mol. The van der Waals surface area contributed by atoms with Crippen LogP contribution in [0.25, 0.3) is 44.3 Å². The van der Waals surface area contributed by atoms with E-state index in [1.165, 1.54) is 0 Å². The highest BCUT2D eigenvalue weighted by Crippen LogP contribution is 2.31. The standard InChI is InChI=1S/C24H15N3/c25-15-16-8-10-17(11-9-16)18-12-13-20-19(14-18)4-3-5-21(20)24-26-22-6-1-2-7-23(22)27-24/h1-14H,(H,26,27). The quantitative estimate of drug-likeness (QED) is 0.431. The van der Waals surface area contributed by atoms with Crippen molar-refractivity contribution in [1.29, 1.82) is 5.26 Å². The maximum Gasteiger partial charge on any atom is 0.139 e. The fourth-order valence-electron chi connectivity index (χ4n) is 3.49. The molecule has 5 rings (SSSR count). The lowest BCUT2D eigenvalue weighted by atomic mass is 9.98. The lowest BCUT2D eigenvalue weighted by Crippen LogP contribution is -1.85. The molecule has 0 saturated heterocycles. The van der Waals surface area contributed by atoms with Crippen LogP contribution in [0, 0.1) is 11.3 Å². The van der Waals surface area contributed by atoms with E-state index in [1.807, 2.05) is 48.5 Å². The summed E-state index contributed by atoms with van der Waals surface area (Å²) >= 11 is 0. The number of imidazole rings is 1. The zero-order chi connectivity index (χ0) is 18.2. The number of aromatic nitrogens is 2. The van der Waals surface area contributed by atoms with Gasteiger partial charge in [0, 0.05) is 5.56 Å². The highest BCUT2D eigenvalue weighted by molar-refractivity contribution is 5.98. The first-order valence-electron chi connectivity index (χ1n) is 8.80. The molecule has 5 aromatic rings. The van der Waals surface area contributed by atoms with Gasteiger partial charge in [0.25, 0.3) is 0 Å². The van der Waals surface area contributed by atoms with Crippen LogP contribution in [0.15, 0.2) is 84.9 Å². The molecule has 3 heteroatoms. The number of H-pyrrole nitrogens is 1. The molecule has 0 aliphatic carbocycles. The number of hydrogen-bond donors (Lipinski definition) is 1. The first-order chi connectivity index (χ1) is 13.3. The average molecular weight is 345 g/mol. The Morgan fingerprint density at radius 3 is 2.41 bits per heavy atom. The van der Waals surface area contributed by atoms with Crippen LogP contribution in [0.2, 0.25) is 0 Å². The van der Waals surface area contributed by atoms with E-state index >= 15 is 0 Å². The van der Waals surface area contributed by atoms with Crippen LogP contribution in [0.5, 0.6) is 0 Å². The van der Waals surface area contributed by atoms with Crippen LogP contribution in [-0.2, 0) is 0 Å². The van der Waals surface area contributed by atoms with Crippen molar-refractivity contribution < 1.29 is 0 Å². The highest BCUT2D eigenvalue weighted by Gasteiger charge is 2.09. The van der Waals surface area contributed by atoms with Gasteiger partial charge in [-0.25, -0.2) is 4.98 Å². The topological polar surface area (TPSA) is 52.5 Å². The minimum absolute atomic E-state index is 0.673. The molecule has 0 atom stereocenters. The molecular formula is C24H15N3. The molecule has 1 aromatic heterocycles. The van der Waals surface area contributed by atoms with Crippen LogP contribution in [0.3, 0.4) is 0 Å². The summed E-state index contributed by atoms with van der Waals surface area (Å²) in [6.45, 7) is 0. The predicted octanol–water partition coefficient (Wildman–Crippen LogP) is 5.92. The molecule has 0 aliphatic heterocycles. The van der Waals surface area contributed by atoms with Crippen molar-refractivity contribution in [3.8, 4) is 28.6 Å².